The van der Waals surface area contributed by atoms with Gasteiger partial charge in [0.1, 0.15) is 35.4 Å². The van der Waals surface area contributed by atoms with Crippen LogP contribution in [0.25, 0.3) is 11.0 Å². The second-order valence-corrected chi connectivity index (χ2v) is 6.53. The molecule has 0 aliphatic heterocycles. The molecule has 0 amide bonds. The predicted octanol–water partition coefficient (Wildman–Crippen LogP) is 2.43. The summed E-state index contributed by atoms with van der Waals surface area (Å²) in [6, 6.07) is 5.17. The molecule has 0 radical (unpaired) electrons. The SMILES string of the molecule is Cc1oc(C(=O)[O-])cc1COc1ccc2c3c(c(=O)oc2c1C)CCC3. The largest absolute Gasteiger partial charge is 0.542 e. The predicted molar refractivity (Wildman–Crippen MR) is 91.4 cm³/mol. The average Bonchev–Trinajstić information content (AvgIpc) is 3.23. The lowest BCUT2D eigenvalue weighted by Crippen LogP contribution is -2.21. The smallest absolute Gasteiger partial charge is 0.339 e. The second kappa shape index (κ2) is 6.05. The number of aromatic carboxylic acids is 1. The van der Waals surface area contributed by atoms with Gasteiger partial charge in [0.15, 0.2) is 0 Å². The molecule has 0 bridgehead atoms. The van der Waals surface area contributed by atoms with Gasteiger partial charge in [-0.1, -0.05) is 0 Å². The van der Waals surface area contributed by atoms with Crippen LogP contribution in [0.3, 0.4) is 0 Å². The molecule has 0 spiro atoms. The van der Waals surface area contributed by atoms with Gasteiger partial charge in [-0.15, -0.1) is 0 Å². The van der Waals surface area contributed by atoms with Crippen LogP contribution in [0.1, 0.15) is 45.0 Å². The lowest BCUT2D eigenvalue weighted by molar-refractivity contribution is -0.257. The Morgan fingerprint density at radius 1 is 1.19 bits per heavy atom. The molecule has 1 aliphatic carbocycles. The van der Waals surface area contributed by atoms with E-state index in [2.05, 4.69) is 0 Å². The minimum atomic E-state index is -1.36. The molecule has 26 heavy (non-hydrogen) atoms. The number of carbonyl (C=O) groups excluding carboxylic acids is 1. The summed E-state index contributed by atoms with van der Waals surface area (Å²) in [4.78, 5) is 23.1. The Balaban J connectivity index is 1.68. The summed E-state index contributed by atoms with van der Waals surface area (Å²) in [6.07, 6.45) is 2.62. The summed E-state index contributed by atoms with van der Waals surface area (Å²) in [5.41, 5.74) is 3.52. The molecule has 0 saturated heterocycles. The van der Waals surface area contributed by atoms with Gasteiger partial charge in [-0.05, 0) is 56.9 Å². The molecule has 134 valence electrons. The molecular weight excluding hydrogens is 336 g/mol. The number of carbonyl (C=O) groups is 1. The van der Waals surface area contributed by atoms with Crippen molar-refractivity contribution in [1.29, 1.82) is 0 Å². The second-order valence-electron chi connectivity index (χ2n) is 6.53. The van der Waals surface area contributed by atoms with E-state index < -0.39 is 5.97 Å². The molecule has 2 heterocycles. The molecule has 6 nitrogen and oxygen atoms in total. The molecule has 4 rings (SSSR count). The number of hydrogen-bond acceptors (Lipinski definition) is 6. The first-order valence-corrected chi connectivity index (χ1v) is 8.47. The highest BCUT2D eigenvalue weighted by molar-refractivity contribution is 5.86. The lowest BCUT2D eigenvalue weighted by Gasteiger charge is -2.12. The highest BCUT2D eigenvalue weighted by Gasteiger charge is 2.21. The van der Waals surface area contributed by atoms with Crippen molar-refractivity contribution in [1.82, 2.24) is 0 Å². The minimum absolute atomic E-state index is 0.143. The first-order chi connectivity index (χ1) is 12.5. The van der Waals surface area contributed by atoms with Crippen molar-refractivity contribution in [3.05, 3.63) is 62.4 Å². The van der Waals surface area contributed by atoms with Gasteiger partial charge in [-0.25, -0.2) is 4.79 Å². The van der Waals surface area contributed by atoms with Crippen LogP contribution in [0.2, 0.25) is 0 Å². The maximum Gasteiger partial charge on any atom is 0.339 e. The summed E-state index contributed by atoms with van der Waals surface area (Å²) in [5, 5.41) is 11.8. The third-order valence-corrected chi connectivity index (χ3v) is 4.95. The minimum Gasteiger partial charge on any atom is -0.542 e. The van der Waals surface area contributed by atoms with E-state index in [0.717, 1.165) is 41.3 Å². The number of fused-ring (bicyclic) bond motifs is 3. The van der Waals surface area contributed by atoms with Gasteiger partial charge in [0.25, 0.3) is 0 Å². The Labute approximate surface area is 149 Å². The van der Waals surface area contributed by atoms with Crippen LogP contribution >= 0.6 is 0 Å². The van der Waals surface area contributed by atoms with E-state index in [0.29, 0.717) is 22.7 Å². The van der Waals surface area contributed by atoms with Gasteiger partial charge in [-0.3, -0.25) is 0 Å². The number of carboxylic acids is 1. The molecule has 0 fully saturated rings. The summed E-state index contributed by atoms with van der Waals surface area (Å²) in [5.74, 6) is -0.545. The van der Waals surface area contributed by atoms with Crippen molar-refractivity contribution in [2.75, 3.05) is 0 Å². The Bertz CT molecular complexity index is 1090. The molecule has 0 saturated carbocycles. The van der Waals surface area contributed by atoms with Crippen molar-refractivity contribution >= 4 is 16.9 Å². The zero-order chi connectivity index (χ0) is 18.4. The fourth-order valence-corrected chi connectivity index (χ4v) is 3.54. The monoisotopic (exact) mass is 353 g/mol. The number of benzene rings is 1. The summed E-state index contributed by atoms with van der Waals surface area (Å²) >= 11 is 0. The highest BCUT2D eigenvalue weighted by atomic mass is 16.5. The van der Waals surface area contributed by atoms with E-state index in [4.69, 9.17) is 13.6 Å². The van der Waals surface area contributed by atoms with E-state index in [1.54, 1.807) is 6.92 Å². The number of carboxylic acid groups (broad SMARTS) is 1. The van der Waals surface area contributed by atoms with E-state index >= 15 is 0 Å². The molecule has 1 aromatic carbocycles. The normalized spacial score (nSPS) is 13.2. The van der Waals surface area contributed by atoms with E-state index in [9.17, 15) is 14.7 Å². The van der Waals surface area contributed by atoms with Crippen LogP contribution in [0, 0.1) is 13.8 Å². The van der Waals surface area contributed by atoms with E-state index in [1.807, 2.05) is 19.1 Å². The van der Waals surface area contributed by atoms with Crippen molar-refractivity contribution in [2.24, 2.45) is 0 Å². The average molecular weight is 353 g/mol. The van der Waals surface area contributed by atoms with Gasteiger partial charge >= 0.3 is 5.63 Å². The van der Waals surface area contributed by atoms with Gasteiger partial charge < -0.3 is 23.5 Å². The molecule has 6 heteroatoms. The van der Waals surface area contributed by atoms with E-state index in [-0.39, 0.29) is 18.0 Å². The molecule has 2 aromatic heterocycles. The van der Waals surface area contributed by atoms with Crippen LogP contribution in [0.15, 0.2) is 31.8 Å². The fraction of sp³-hybridized carbons (Fsp3) is 0.300. The number of ether oxygens (including phenoxy) is 1. The molecule has 1 aliphatic rings. The van der Waals surface area contributed by atoms with Crippen LogP contribution in [0.5, 0.6) is 5.75 Å². The van der Waals surface area contributed by atoms with Crippen molar-refractivity contribution in [3.8, 4) is 5.75 Å². The summed E-state index contributed by atoms with van der Waals surface area (Å²) < 4.78 is 16.5. The molecule has 0 unspecified atom stereocenters. The molecule has 0 N–H and O–H groups in total. The standard InChI is InChI=1S/C20H18O6/c1-10-16(24-9-12-8-17(19(21)22)25-11(12)2)7-6-14-13-4-3-5-15(13)20(23)26-18(10)14/h6-8H,3-5,9H2,1-2H3,(H,21,22)/p-1. The van der Waals surface area contributed by atoms with Gasteiger partial charge in [0.05, 0.1) is 0 Å². The molecule has 3 aromatic rings. The van der Waals surface area contributed by atoms with Crippen LogP contribution in [-0.2, 0) is 19.4 Å². The number of hydrogen-bond donors (Lipinski definition) is 0. The van der Waals surface area contributed by atoms with Gasteiger partial charge in [-0.2, -0.15) is 0 Å². The number of aryl methyl sites for hydroxylation is 3. The van der Waals surface area contributed by atoms with Gasteiger partial charge in [0.2, 0.25) is 0 Å². The Morgan fingerprint density at radius 2 is 1.96 bits per heavy atom. The van der Waals surface area contributed by atoms with Crippen LogP contribution in [0.4, 0.5) is 0 Å². The molecule has 0 atom stereocenters. The topological polar surface area (TPSA) is 92.7 Å². The van der Waals surface area contributed by atoms with Crippen molar-refractivity contribution < 1.29 is 23.5 Å². The summed E-state index contributed by atoms with van der Waals surface area (Å²) in [7, 11) is 0. The van der Waals surface area contributed by atoms with Crippen LogP contribution in [-0.4, -0.2) is 5.97 Å². The Hall–Kier alpha value is -3.02. The van der Waals surface area contributed by atoms with E-state index in [1.165, 1.54) is 6.07 Å². The third kappa shape index (κ3) is 2.58. The zero-order valence-electron chi connectivity index (χ0n) is 14.5. The fourth-order valence-electron chi connectivity index (χ4n) is 3.54. The summed E-state index contributed by atoms with van der Waals surface area (Å²) in [6.45, 7) is 3.65. The number of furan rings is 1. The maximum absolute atomic E-state index is 12.2. The Kier molecular flexibility index (Phi) is 3.83. The van der Waals surface area contributed by atoms with Crippen LogP contribution < -0.4 is 15.5 Å². The maximum atomic E-state index is 12.2. The first-order valence-electron chi connectivity index (χ1n) is 8.47. The van der Waals surface area contributed by atoms with Gasteiger partial charge in [0, 0.05) is 22.1 Å². The van der Waals surface area contributed by atoms with Crippen molar-refractivity contribution in [2.45, 2.75) is 39.7 Å². The van der Waals surface area contributed by atoms with Crippen molar-refractivity contribution in [3.63, 3.8) is 0 Å². The zero-order valence-corrected chi connectivity index (χ0v) is 14.5. The quantitative estimate of drug-likeness (QED) is 0.669. The lowest BCUT2D eigenvalue weighted by atomic mass is 10.0. The number of rotatable bonds is 4. The molecular formula is C20H17O6-. The third-order valence-electron chi connectivity index (χ3n) is 4.95. The highest BCUT2D eigenvalue weighted by Crippen LogP contribution is 2.33. The first kappa shape index (κ1) is 16.4. The Morgan fingerprint density at radius 3 is 2.69 bits per heavy atom.